The summed E-state index contributed by atoms with van der Waals surface area (Å²) in [6.45, 7) is 1.60. The number of nitrogens with zero attached hydrogens (tertiary/aromatic N) is 4. The molecule has 0 saturated heterocycles. The Kier molecular flexibility index (Phi) is 3.45. The van der Waals surface area contributed by atoms with Crippen molar-refractivity contribution in [1.82, 2.24) is 19.6 Å². The van der Waals surface area contributed by atoms with E-state index >= 15 is 0 Å². The van der Waals surface area contributed by atoms with E-state index in [-0.39, 0.29) is 17.0 Å². The molecule has 2 N–H and O–H groups in total. The van der Waals surface area contributed by atoms with Crippen LogP contribution in [0.15, 0.2) is 41.8 Å². The van der Waals surface area contributed by atoms with E-state index in [9.17, 15) is 18.3 Å². The second-order valence-electron chi connectivity index (χ2n) is 4.67. The molecule has 0 amide bonds. The van der Waals surface area contributed by atoms with Crippen molar-refractivity contribution in [2.45, 2.75) is 12.1 Å². The van der Waals surface area contributed by atoms with Crippen LogP contribution in [0.1, 0.15) is 15.9 Å². The molecule has 3 aromatic rings. The van der Waals surface area contributed by atoms with Crippen molar-refractivity contribution >= 4 is 27.5 Å². The van der Waals surface area contributed by atoms with Gasteiger partial charge in [-0.1, -0.05) is 12.1 Å². The molecule has 0 aliphatic carbocycles. The third-order valence-corrected chi connectivity index (χ3v) is 4.20. The van der Waals surface area contributed by atoms with Gasteiger partial charge in [0, 0.05) is 12.4 Å². The molecule has 0 saturated carbocycles. The van der Waals surface area contributed by atoms with Crippen molar-refractivity contribution in [3.8, 4) is 0 Å². The molecule has 0 unspecified atom stereocenters. The van der Waals surface area contributed by atoms with Crippen LogP contribution in [0.3, 0.4) is 0 Å². The van der Waals surface area contributed by atoms with Gasteiger partial charge in [0.25, 0.3) is 21.0 Å². The second-order valence-corrected chi connectivity index (χ2v) is 6.24. The van der Waals surface area contributed by atoms with Gasteiger partial charge in [-0.25, -0.2) is 14.3 Å². The predicted molar refractivity (Wildman–Crippen MR) is 79.7 cm³/mol. The first kappa shape index (κ1) is 14.9. The van der Waals surface area contributed by atoms with Gasteiger partial charge in [-0.2, -0.15) is 13.4 Å². The average Bonchev–Trinajstić information content (AvgIpc) is 2.94. The minimum Gasteiger partial charge on any atom is -0.478 e. The Morgan fingerprint density at radius 2 is 2.09 bits per heavy atom. The number of carboxylic acids is 1. The minimum atomic E-state index is -4.15. The number of hydrogen-bond donors (Lipinski definition) is 2. The molecular weight excluding hydrogens is 322 g/mol. The molecule has 2 aromatic heterocycles. The number of aromatic carboxylic acids is 1. The van der Waals surface area contributed by atoms with Crippen LogP contribution in [0.4, 0.5) is 5.69 Å². The van der Waals surface area contributed by atoms with Gasteiger partial charge in [0.15, 0.2) is 0 Å². The number of sulfonamides is 1. The standard InChI is InChI=1S/C13H11N5O4S/c1-8-4-2-5-9(11(19)20)10(8)17-23(21,22)13-15-12-14-6-3-7-18(12)16-13/h2-7,17H,1H3,(H,19,20). The number of carbonyl (C=O) groups is 1. The van der Waals surface area contributed by atoms with Gasteiger partial charge in [-0.05, 0) is 24.6 Å². The van der Waals surface area contributed by atoms with Crippen LogP contribution in [0, 0.1) is 6.92 Å². The summed E-state index contributed by atoms with van der Waals surface area (Å²) in [6.07, 6.45) is 2.96. The van der Waals surface area contributed by atoms with Gasteiger partial charge in [0.2, 0.25) is 0 Å². The monoisotopic (exact) mass is 333 g/mol. The number of fused-ring (bicyclic) bond motifs is 1. The summed E-state index contributed by atoms with van der Waals surface area (Å²) in [5, 5.41) is 12.5. The Morgan fingerprint density at radius 3 is 2.78 bits per heavy atom. The number of carboxylic acid groups (broad SMARTS) is 1. The molecule has 23 heavy (non-hydrogen) atoms. The Bertz CT molecular complexity index is 979. The second kappa shape index (κ2) is 5.32. The lowest BCUT2D eigenvalue weighted by Gasteiger charge is -2.11. The van der Waals surface area contributed by atoms with Crippen molar-refractivity contribution in [3.05, 3.63) is 47.8 Å². The van der Waals surface area contributed by atoms with Gasteiger partial charge in [-0.3, -0.25) is 4.72 Å². The van der Waals surface area contributed by atoms with Gasteiger partial charge in [0.05, 0.1) is 11.3 Å². The van der Waals surface area contributed by atoms with Crippen molar-refractivity contribution in [2.75, 3.05) is 4.72 Å². The van der Waals surface area contributed by atoms with Crippen LogP contribution in [0.5, 0.6) is 0 Å². The normalized spacial score (nSPS) is 11.5. The van der Waals surface area contributed by atoms with E-state index in [1.165, 1.54) is 29.0 Å². The van der Waals surface area contributed by atoms with Crippen molar-refractivity contribution in [2.24, 2.45) is 0 Å². The highest BCUT2D eigenvalue weighted by Gasteiger charge is 2.24. The number of para-hydroxylation sites is 1. The lowest BCUT2D eigenvalue weighted by Crippen LogP contribution is -2.18. The van der Waals surface area contributed by atoms with E-state index in [0.29, 0.717) is 5.56 Å². The van der Waals surface area contributed by atoms with E-state index in [1.807, 2.05) is 0 Å². The highest BCUT2D eigenvalue weighted by atomic mass is 32.2. The van der Waals surface area contributed by atoms with E-state index < -0.39 is 21.1 Å². The quantitative estimate of drug-likeness (QED) is 0.727. The Labute approximate surface area is 130 Å². The van der Waals surface area contributed by atoms with Crippen molar-refractivity contribution < 1.29 is 18.3 Å². The summed E-state index contributed by atoms with van der Waals surface area (Å²) in [5.74, 6) is -1.12. The van der Waals surface area contributed by atoms with Crippen LogP contribution >= 0.6 is 0 Å². The molecular formula is C13H11N5O4S. The predicted octanol–water partition coefficient (Wildman–Crippen LogP) is 0.932. The van der Waals surface area contributed by atoms with Crippen molar-refractivity contribution in [1.29, 1.82) is 0 Å². The number of aromatic nitrogens is 4. The topological polar surface area (TPSA) is 127 Å². The molecule has 2 heterocycles. The van der Waals surface area contributed by atoms with Crippen LogP contribution in [-0.2, 0) is 10.0 Å². The number of hydrogen-bond acceptors (Lipinski definition) is 6. The Balaban J connectivity index is 2.07. The first-order valence-electron chi connectivity index (χ1n) is 6.41. The molecule has 3 rings (SSSR count). The molecule has 0 aliphatic rings. The van der Waals surface area contributed by atoms with E-state index in [0.717, 1.165) is 0 Å². The maximum absolute atomic E-state index is 12.4. The van der Waals surface area contributed by atoms with Crippen LogP contribution < -0.4 is 4.72 Å². The summed E-state index contributed by atoms with van der Waals surface area (Å²) in [7, 11) is -4.15. The summed E-state index contributed by atoms with van der Waals surface area (Å²) >= 11 is 0. The third-order valence-electron chi connectivity index (χ3n) is 3.08. The molecule has 0 fully saturated rings. The molecule has 9 nitrogen and oxygen atoms in total. The number of rotatable bonds is 4. The molecule has 1 aromatic carbocycles. The van der Waals surface area contributed by atoms with E-state index in [4.69, 9.17) is 0 Å². The van der Waals surface area contributed by atoms with Crippen LogP contribution in [0.25, 0.3) is 5.78 Å². The smallest absolute Gasteiger partial charge is 0.337 e. The van der Waals surface area contributed by atoms with E-state index in [2.05, 4.69) is 19.8 Å². The first-order valence-corrected chi connectivity index (χ1v) is 7.90. The fraction of sp³-hybridized carbons (Fsp3) is 0.0769. The number of nitrogens with one attached hydrogen (secondary N) is 1. The molecule has 0 bridgehead atoms. The average molecular weight is 333 g/mol. The maximum atomic E-state index is 12.4. The van der Waals surface area contributed by atoms with Gasteiger partial charge >= 0.3 is 5.97 Å². The number of anilines is 1. The lowest BCUT2D eigenvalue weighted by atomic mass is 10.1. The van der Waals surface area contributed by atoms with Crippen LogP contribution in [-0.4, -0.2) is 39.1 Å². The third kappa shape index (κ3) is 2.71. The fourth-order valence-electron chi connectivity index (χ4n) is 1.99. The van der Waals surface area contributed by atoms with E-state index in [1.54, 1.807) is 19.1 Å². The summed E-state index contributed by atoms with van der Waals surface area (Å²) < 4.78 is 28.3. The Hall–Kier alpha value is -3.01. The first-order chi connectivity index (χ1) is 10.9. The number of aryl methyl sites for hydroxylation is 1. The van der Waals surface area contributed by atoms with Gasteiger partial charge in [-0.15, -0.1) is 5.10 Å². The molecule has 10 heteroatoms. The lowest BCUT2D eigenvalue weighted by molar-refractivity contribution is 0.0698. The van der Waals surface area contributed by atoms with Gasteiger partial charge in [0.1, 0.15) is 0 Å². The zero-order valence-corrected chi connectivity index (χ0v) is 12.6. The van der Waals surface area contributed by atoms with Crippen LogP contribution in [0.2, 0.25) is 0 Å². The molecule has 0 atom stereocenters. The summed E-state index contributed by atoms with van der Waals surface area (Å²) in [4.78, 5) is 19.0. The summed E-state index contributed by atoms with van der Waals surface area (Å²) in [5.41, 5.74) is 0.289. The Morgan fingerprint density at radius 1 is 1.30 bits per heavy atom. The highest BCUT2D eigenvalue weighted by Crippen LogP contribution is 2.23. The molecule has 0 aliphatic heterocycles. The summed E-state index contributed by atoms with van der Waals surface area (Å²) in [6, 6.07) is 6.02. The zero-order valence-electron chi connectivity index (χ0n) is 11.8. The zero-order chi connectivity index (χ0) is 16.6. The van der Waals surface area contributed by atoms with Gasteiger partial charge < -0.3 is 5.11 Å². The maximum Gasteiger partial charge on any atom is 0.337 e. The highest BCUT2D eigenvalue weighted by molar-refractivity contribution is 7.92. The number of benzene rings is 1. The van der Waals surface area contributed by atoms with Crippen molar-refractivity contribution in [3.63, 3.8) is 0 Å². The molecule has 118 valence electrons. The minimum absolute atomic E-state index is 0.0215. The largest absolute Gasteiger partial charge is 0.478 e. The molecule has 0 radical (unpaired) electrons. The SMILES string of the molecule is Cc1cccc(C(=O)O)c1NS(=O)(=O)c1nc2ncccn2n1. The fourth-order valence-corrected chi connectivity index (χ4v) is 3.02. The molecule has 0 spiro atoms.